The lowest BCUT2D eigenvalue weighted by Crippen LogP contribution is -2.54. The fraction of sp³-hybridized carbons (Fsp3) is 0.346. The molecule has 0 radical (unpaired) electrons. The Morgan fingerprint density at radius 2 is 1.79 bits per heavy atom. The van der Waals surface area contributed by atoms with Gasteiger partial charge in [0, 0.05) is 40.4 Å². The first kappa shape index (κ1) is 20.2. The van der Waals surface area contributed by atoms with Gasteiger partial charge in [-0.25, -0.2) is 0 Å². The molecule has 168 valence electrons. The summed E-state index contributed by atoms with van der Waals surface area (Å²) in [6.45, 7) is 3.86. The number of aromatic nitrogens is 1. The van der Waals surface area contributed by atoms with Crippen molar-refractivity contribution in [2.45, 2.75) is 44.3 Å². The molecule has 7 heteroatoms. The molecule has 6 rings (SSSR count). The molecular formula is C26H26N4O3. The second-order valence-electron chi connectivity index (χ2n) is 9.43. The van der Waals surface area contributed by atoms with E-state index < -0.39 is 17.4 Å². The van der Waals surface area contributed by atoms with Crippen LogP contribution in [0.1, 0.15) is 31.4 Å². The number of carbonyl (C=O) groups is 3. The lowest BCUT2D eigenvalue weighted by atomic mass is 9.76. The summed E-state index contributed by atoms with van der Waals surface area (Å²) in [6, 6.07) is 14.9. The molecule has 3 aliphatic rings. The van der Waals surface area contributed by atoms with Crippen molar-refractivity contribution in [2.24, 2.45) is 11.8 Å². The number of benzene rings is 2. The molecule has 2 fully saturated rings. The Bertz CT molecular complexity index is 1310. The van der Waals surface area contributed by atoms with E-state index in [1.165, 1.54) is 4.90 Å². The highest BCUT2D eigenvalue weighted by Crippen LogP contribution is 2.53. The predicted octanol–water partition coefficient (Wildman–Crippen LogP) is 2.93. The fourth-order valence-corrected chi connectivity index (χ4v) is 6.11. The standard InChI is InChI=1S/C26H26N4O3/c1-3-14(2)30-23(31)21-20(12-15-13-27-18-10-6-4-8-16(15)18)29-26(22(21)24(30)32)17-9-5-7-11-19(17)28-25(26)33/h4-11,13-14,20-22,27,29H,3,12H2,1-2H3,(H,28,33)/t14-,20+,21+,22-,26-/m0/s1. The molecule has 2 aromatic carbocycles. The molecule has 1 spiro atoms. The molecule has 3 aromatic rings. The Balaban J connectivity index is 1.49. The van der Waals surface area contributed by atoms with E-state index in [2.05, 4.69) is 15.6 Å². The van der Waals surface area contributed by atoms with Crippen LogP contribution in [0.2, 0.25) is 0 Å². The smallest absolute Gasteiger partial charge is 0.250 e. The van der Waals surface area contributed by atoms with Crippen molar-refractivity contribution in [3.8, 4) is 0 Å². The highest BCUT2D eigenvalue weighted by molar-refractivity contribution is 6.15. The van der Waals surface area contributed by atoms with E-state index in [-0.39, 0.29) is 29.8 Å². The number of carbonyl (C=O) groups excluding carboxylic acids is 3. The van der Waals surface area contributed by atoms with Crippen LogP contribution in [0.5, 0.6) is 0 Å². The normalized spacial score (nSPS) is 29.1. The van der Waals surface area contributed by atoms with Crippen molar-refractivity contribution < 1.29 is 14.4 Å². The van der Waals surface area contributed by atoms with E-state index >= 15 is 0 Å². The van der Waals surface area contributed by atoms with Gasteiger partial charge in [0.05, 0.1) is 11.8 Å². The van der Waals surface area contributed by atoms with Crippen LogP contribution in [0, 0.1) is 11.8 Å². The zero-order chi connectivity index (χ0) is 22.9. The van der Waals surface area contributed by atoms with Crippen LogP contribution in [-0.2, 0) is 26.3 Å². The van der Waals surface area contributed by atoms with Crippen molar-refractivity contribution >= 4 is 34.3 Å². The highest BCUT2D eigenvalue weighted by Gasteiger charge is 2.70. The minimum Gasteiger partial charge on any atom is -0.361 e. The molecule has 3 aliphatic heterocycles. The molecule has 3 N–H and O–H groups in total. The summed E-state index contributed by atoms with van der Waals surface area (Å²) < 4.78 is 0. The van der Waals surface area contributed by atoms with Gasteiger partial charge in [0.2, 0.25) is 17.7 Å². The molecule has 4 heterocycles. The van der Waals surface area contributed by atoms with Crippen LogP contribution in [0.3, 0.4) is 0 Å². The van der Waals surface area contributed by atoms with Gasteiger partial charge in [0.15, 0.2) is 0 Å². The van der Waals surface area contributed by atoms with Gasteiger partial charge in [-0.05, 0) is 37.5 Å². The molecule has 5 atom stereocenters. The maximum atomic E-state index is 13.8. The Labute approximate surface area is 191 Å². The van der Waals surface area contributed by atoms with Gasteiger partial charge >= 0.3 is 0 Å². The molecule has 0 unspecified atom stereocenters. The molecule has 2 saturated heterocycles. The molecule has 0 aliphatic carbocycles. The molecule has 1 aromatic heterocycles. The number of H-pyrrole nitrogens is 1. The number of anilines is 1. The topological polar surface area (TPSA) is 94.3 Å². The summed E-state index contributed by atoms with van der Waals surface area (Å²) in [5, 5.41) is 7.56. The van der Waals surface area contributed by atoms with Gasteiger partial charge in [-0.3, -0.25) is 24.6 Å². The summed E-state index contributed by atoms with van der Waals surface area (Å²) in [7, 11) is 0. The average molecular weight is 443 g/mol. The average Bonchev–Trinajstić information content (AvgIpc) is 3.53. The van der Waals surface area contributed by atoms with E-state index in [0.29, 0.717) is 18.5 Å². The van der Waals surface area contributed by atoms with Gasteiger partial charge in [-0.15, -0.1) is 0 Å². The maximum absolute atomic E-state index is 13.8. The number of para-hydroxylation sites is 2. The van der Waals surface area contributed by atoms with E-state index in [1.807, 2.05) is 68.6 Å². The summed E-state index contributed by atoms with van der Waals surface area (Å²) in [5.74, 6) is -2.05. The maximum Gasteiger partial charge on any atom is 0.250 e. The number of hydrogen-bond donors (Lipinski definition) is 3. The van der Waals surface area contributed by atoms with Gasteiger partial charge in [-0.1, -0.05) is 43.3 Å². The summed E-state index contributed by atoms with van der Waals surface area (Å²) >= 11 is 0. The van der Waals surface area contributed by atoms with E-state index in [4.69, 9.17) is 0 Å². The van der Waals surface area contributed by atoms with Gasteiger partial charge in [0.25, 0.3) is 0 Å². The third-order valence-electron chi connectivity index (χ3n) is 7.80. The highest BCUT2D eigenvalue weighted by atomic mass is 16.2. The van der Waals surface area contributed by atoms with Crippen molar-refractivity contribution in [3.05, 3.63) is 65.9 Å². The molecule has 7 nitrogen and oxygen atoms in total. The third-order valence-corrected chi connectivity index (χ3v) is 7.80. The monoisotopic (exact) mass is 442 g/mol. The van der Waals surface area contributed by atoms with Crippen LogP contribution < -0.4 is 10.6 Å². The molecule has 3 amide bonds. The minimum absolute atomic E-state index is 0.175. The fourth-order valence-electron chi connectivity index (χ4n) is 6.11. The lowest BCUT2D eigenvalue weighted by Gasteiger charge is -2.31. The number of amides is 3. The van der Waals surface area contributed by atoms with Crippen molar-refractivity contribution in [1.29, 1.82) is 0 Å². The van der Waals surface area contributed by atoms with Crippen LogP contribution in [-0.4, -0.2) is 39.7 Å². The zero-order valence-electron chi connectivity index (χ0n) is 18.6. The molecular weight excluding hydrogens is 416 g/mol. The number of aromatic amines is 1. The quantitative estimate of drug-likeness (QED) is 0.542. The van der Waals surface area contributed by atoms with Crippen LogP contribution >= 0.6 is 0 Å². The number of likely N-dealkylation sites (tertiary alicyclic amines) is 1. The van der Waals surface area contributed by atoms with E-state index in [1.54, 1.807) is 0 Å². The van der Waals surface area contributed by atoms with Crippen molar-refractivity contribution in [1.82, 2.24) is 15.2 Å². The van der Waals surface area contributed by atoms with Gasteiger partial charge in [0.1, 0.15) is 5.54 Å². The Morgan fingerprint density at radius 3 is 2.61 bits per heavy atom. The summed E-state index contributed by atoms with van der Waals surface area (Å²) in [6.07, 6.45) is 3.17. The molecule has 0 saturated carbocycles. The van der Waals surface area contributed by atoms with Crippen LogP contribution in [0.4, 0.5) is 5.69 Å². The second kappa shape index (κ2) is 7.02. The molecule has 0 bridgehead atoms. The van der Waals surface area contributed by atoms with Crippen molar-refractivity contribution in [2.75, 3.05) is 5.32 Å². The third kappa shape index (κ3) is 2.57. The minimum atomic E-state index is -1.24. The molecule has 33 heavy (non-hydrogen) atoms. The van der Waals surface area contributed by atoms with Crippen molar-refractivity contribution in [3.63, 3.8) is 0 Å². The number of imide groups is 1. The largest absolute Gasteiger partial charge is 0.361 e. The van der Waals surface area contributed by atoms with E-state index in [9.17, 15) is 14.4 Å². The predicted molar refractivity (Wildman–Crippen MR) is 124 cm³/mol. The van der Waals surface area contributed by atoms with Gasteiger partial charge in [-0.2, -0.15) is 0 Å². The first-order valence-corrected chi connectivity index (χ1v) is 11.6. The number of fused-ring (bicyclic) bond motifs is 5. The number of nitrogens with zero attached hydrogens (tertiary/aromatic N) is 1. The van der Waals surface area contributed by atoms with Crippen LogP contribution in [0.15, 0.2) is 54.7 Å². The first-order valence-electron chi connectivity index (χ1n) is 11.6. The first-order chi connectivity index (χ1) is 16.0. The Morgan fingerprint density at radius 1 is 1.03 bits per heavy atom. The summed E-state index contributed by atoms with van der Waals surface area (Å²) in [5.41, 5.74) is 2.29. The second-order valence-corrected chi connectivity index (χ2v) is 9.43. The van der Waals surface area contributed by atoms with Crippen LogP contribution in [0.25, 0.3) is 10.9 Å². The summed E-state index contributed by atoms with van der Waals surface area (Å²) in [4.78, 5) is 45.6. The Hall–Kier alpha value is -3.45. The lowest BCUT2D eigenvalue weighted by molar-refractivity contribution is -0.145. The SMILES string of the molecule is CC[C@H](C)N1C(=O)[C@H]2[C@@H](C1=O)[C@]1(N[C@@H]2Cc2c[nH]c3ccccc23)C(=O)Nc2ccccc21. The number of nitrogens with one attached hydrogen (secondary N) is 3. The van der Waals surface area contributed by atoms with Gasteiger partial charge < -0.3 is 10.3 Å². The Kier molecular flexibility index (Phi) is 4.29. The number of hydrogen-bond acceptors (Lipinski definition) is 4. The zero-order valence-corrected chi connectivity index (χ0v) is 18.6. The van der Waals surface area contributed by atoms with E-state index in [0.717, 1.165) is 22.0 Å². The number of rotatable bonds is 4.